The Morgan fingerprint density at radius 1 is 1.23 bits per heavy atom. The number of aliphatic carboxylic acids is 1. The summed E-state index contributed by atoms with van der Waals surface area (Å²) in [6.45, 7) is 5.12. The van der Waals surface area contributed by atoms with Gasteiger partial charge in [0, 0.05) is 6.42 Å². The van der Waals surface area contributed by atoms with Crippen molar-refractivity contribution >= 4 is 12.1 Å². The third kappa shape index (κ3) is 7.08. The van der Waals surface area contributed by atoms with Gasteiger partial charge in [-0.2, -0.15) is 0 Å². The van der Waals surface area contributed by atoms with Crippen molar-refractivity contribution in [1.29, 1.82) is 0 Å². The summed E-state index contributed by atoms with van der Waals surface area (Å²) in [4.78, 5) is 22.7. The molecule has 1 amide bonds. The summed E-state index contributed by atoms with van der Waals surface area (Å²) in [6, 6.07) is 8.24. The Morgan fingerprint density at radius 3 is 2.32 bits per heavy atom. The molecule has 1 rings (SSSR count). The van der Waals surface area contributed by atoms with E-state index in [1.165, 1.54) is 0 Å². The van der Waals surface area contributed by atoms with E-state index in [1.54, 1.807) is 20.8 Å². The maximum Gasteiger partial charge on any atom is 0.407 e. The minimum Gasteiger partial charge on any atom is -0.481 e. The number of benzene rings is 1. The number of nitrogens with one attached hydrogen (secondary N) is 1. The Labute approximate surface area is 130 Å². The molecule has 3 N–H and O–H groups in total. The van der Waals surface area contributed by atoms with Crippen LogP contribution in [0.4, 0.5) is 4.79 Å². The second-order valence-electron chi connectivity index (χ2n) is 6.11. The Balaban J connectivity index is 2.70. The number of carboxylic acid groups (broad SMARTS) is 1. The standard InChI is InChI=1S/C16H23NO5/c1-16(2,3)22-15(21)17-12(10-14(19)20)13(18)9-11-7-5-4-6-8-11/h4-8,12-13,18H,9-10H2,1-3H3,(H,17,21)(H,19,20)/t12-,13?/m0/s1. The number of carboxylic acids is 1. The predicted molar refractivity (Wildman–Crippen MR) is 81.6 cm³/mol. The minimum absolute atomic E-state index is 0.245. The fourth-order valence-electron chi connectivity index (χ4n) is 1.93. The summed E-state index contributed by atoms with van der Waals surface area (Å²) >= 11 is 0. The summed E-state index contributed by atoms with van der Waals surface area (Å²) in [5.74, 6) is -1.10. The molecular weight excluding hydrogens is 286 g/mol. The highest BCUT2D eigenvalue weighted by Crippen LogP contribution is 2.11. The lowest BCUT2D eigenvalue weighted by Crippen LogP contribution is -2.47. The maximum absolute atomic E-state index is 11.8. The number of ether oxygens (including phenoxy) is 1. The summed E-state index contributed by atoms with van der Waals surface area (Å²) < 4.78 is 5.10. The molecule has 0 aromatic heterocycles. The van der Waals surface area contributed by atoms with E-state index in [4.69, 9.17) is 9.84 Å². The van der Waals surface area contributed by atoms with Crippen molar-refractivity contribution in [2.75, 3.05) is 0 Å². The van der Waals surface area contributed by atoms with Gasteiger partial charge in [-0.25, -0.2) is 4.79 Å². The first-order valence-electron chi connectivity index (χ1n) is 7.10. The molecule has 0 aliphatic heterocycles. The lowest BCUT2D eigenvalue weighted by molar-refractivity contribution is -0.138. The molecule has 1 unspecified atom stereocenters. The first-order chi connectivity index (χ1) is 10.2. The lowest BCUT2D eigenvalue weighted by atomic mass is 10.00. The van der Waals surface area contributed by atoms with Gasteiger partial charge in [-0.1, -0.05) is 30.3 Å². The van der Waals surface area contributed by atoms with Gasteiger partial charge in [-0.3, -0.25) is 4.79 Å². The SMILES string of the molecule is CC(C)(C)OC(=O)N[C@@H](CC(=O)O)C(O)Cc1ccccc1. The van der Waals surface area contributed by atoms with E-state index in [1.807, 2.05) is 30.3 Å². The van der Waals surface area contributed by atoms with E-state index < -0.39 is 29.8 Å². The molecule has 22 heavy (non-hydrogen) atoms. The smallest absolute Gasteiger partial charge is 0.407 e. The number of aliphatic hydroxyl groups excluding tert-OH is 1. The Hall–Kier alpha value is -2.08. The van der Waals surface area contributed by atoms with Gasteiger partial charge in [-0.05, 0) is 26.3 Å². The third-order valence-corrected chi connectivity index (χ3v) is 2.85. The van der Waals surface area contributed by atoms with Crippen LogP contribution in [0, 0.1) is 0 Å². The van der Waals surface area contributed by atoms with Crippen molar-refractivity contribution in [3.63, 3.8) is 0 Å². The summed E-state index contributed by atoms with van der Waals surface area (Å²) in [6.07, 6.45) is -1.90. The normalized spacial score (nSPS) is 14.0. The predicted octanol–water partition coefficient (Wildman–Crippen LogP) is 1.96. The zero-order chi connectivity index (χ0) is 16.8. The number of aliphatic hydroxyl groups is 1. The maximum atomic E-state index is 11.8. The van der Waals surface area contributed by atoms with Crippen LogP contribution in [0.15, 0.2) is 30.3 Å². The third-order valence-electron chi connectivity index (χ3n) is 2.85. The fourth-order valence-corrected chi connectivity index (χ4v) is 1.93. The van der Waals surface area contributed by atoms with Gasteiger partial charge in [0.25, 0.3) is 0 Å². The molecule has 0 saturated carbocycles. The quantitative estimate of drug-likeness (QED) is 0.746. The Morgan fingerprint density at radius 2 is 1.82 bits per heavy atom. The van der Waals surface area contributed by atoms with Gasteiger partial charge in [0.1, 0.15) is 5.60 Å². The summed E-state index contributed by atoms with van der Waals surface area (Å²) in [5.41, 5.74) is 0.166. The number of amides is 1. The Bertz CT molecular complexity index is 495. The van der Waals surface area contributed by atoms with Crippen molar-refractivity contribution in [2.45, 2.75) is 51.4 Å². The van der Waals surface area contributed by atoms with Crippen LogP contribution in [0.5, 0.6) is 0 Å². The highest BCUT2D eigenvalue weighted by Gasteiger charge is 2.26. The number of alkyl carbamates (subject to hydrolysis) is 1. The molecule has 0 bridgehead atoms. The van der Waals surface area contributed by atoms with E-state index in [9.17, 15) is 14.7 Å². The molecule has 1 aromatic rings. The average molecular weight is 309 g/mol. The van der Waals surface area contributed by atoms with Crippen molar-refractivity contribution in [3.05, 3.63) is 35.9 Å². The van der Waals surface area contributed by atoms with Crippen LogP contribution in [-0.2, 0) is 16.0 Å². The second kappa shape index (κ2) is 7.79. The molecule has 2 atom stereocenters. The zero-order valence-electron chi connectivity index (χ0n) is 13.1. The molecule has 0 saturated heterocycles. The van der Waals surface area contributed by atoms with E-state index in [0.717, 1.165) is 5.56 Å². The van der Waals surface area contributed by atoms with E-state index >= 15 is 0 Å². The summed E-state index contributed by atoms with van der Waals surface area (Å²) in [5, 5.41) is 21.6. The molecule has 0 radical (unpaired) electrons. The number of rotatable bonds is 6. The number of carbonyl (C=O) groups excluding carboxylic acids is 1. The molecule has 0 spiro atoms. The van der Waals surface area contributed by atoms with Gasteiger partial charge in [0.05, 0.1) is 18.6 Å². The van der Waals surface area contributed by atoms with Crippen molar-refractivity contribution in [2.24, 2.45) is 0 Å². The van der Waals surface area contributed by atoms with E-state index in [-0.39, 0.29) is 12.8 Å². The Kier molecular flexibility index (Phi) is 6.37. The highest BCUT2D eigenvalue weighted by molar-refractivity contribution is 5.71. The van der Waals surface area contributed by atoms with Crippen LogP contribution in [0.2, 0.25) is 0 Å². The first-order valence-corrected chi connectivity index (χ1v) is 7.10. The largest absolute Gasteiger partial charge is 0.481 e. The topological polar surface area (TPSA) is 95.9 Å². The highest BCUT2D eigenvalue weighted by atomic mass is 16.6. The number of hydrogen-bond acceptors (Lipinski definition) is 4. The summed E-state index contributed by atoms with van der Waals surface area (Å²) in [7, 11) is 0. The van der Waals surface area contributed by atoms with E-state index in [0.29, 0.717) is 0 Å². The monoisotopic (exact) mass is 309 g/mol. The van der Waals surface area contributed by atoms with Crippen LogP contribution in [-0.4, -0.2) is 40.0 Å². The van der Waals surface area contributed by atoms with Gasteiger partial charge >= 0.3 is 12.1 Å². The molecule has 0 heterocycles. The zero-order valence-corrected chi connectivity index (χ0v) is 13.1. The van der Waals surface area contributed by atoms with Gasteiger partial charge in [0.2, 0.25) is 0 Å². The van der Waals surface area contributed by atoms with Gasteiger partial charge in [-0.15, -0.1) is 0 Å². The molecule has 1 aromatic carbocycles. The van der Waals surface area contributed by atoms with Gasteiger partial charge in [0.15, 0.2) is 0 Å². The van der Waals surface area contributed by atoms with Crippen molar-refractivity contribution in [1.82, 2.24) is 5.32 Å². The average Bonchev–Trinajstić information content (AvgIpc) is 2.36. The molecule has 0 aliphatic rings. The second-order valence-corrected chi connectivity index (χ2v) is 6.11. The molecule has 6 heteroatoms. The molecular formula is C16H23NO5. The van der Waals surface area contributed by atoms with Gasteiger partial charge < -0.3 is 20.3 Å². The van der Waals surface area contributed by atoms with Crippen molar-refractivity contribution in [3.8, 4) is 0 Å². The molecule has 6 nitrogen and oxygen atoms in total. The van der Waals surface area contributed by atoms with Crippen molar-refractivity contribution < 1.29 is 24.5 Å². The van der Waals surface area contributed by atoms with Crippen LogP contribution in [0.25, 0.3) is 0 Å². The van der Waals surface area contributed by atoms with Crippen LogP contribution < -0.4 is 5.32 Å². The molecule has 122 valence electrons. The minimum atomic E-state index is -1.10. The molecule has 0 fully saturated rings. The number of carbonyl (C=O) groups is 2. The first kappa shape index (κ1) is 18.0. The van der Waals surface area contributed by atoms with E-state index in [2.05, 4.69) is 5.32 Å². The molecule has 0 aliphatic carbocycles. The lowest BCUT2D eigenvalue weighted by Gasteiger charge is -2.26. The van der Waals surface area contributed by atoms with Crippen LogP contribution in [0.3, 0.4) is 0 Å². The van der Waals surface area contributed by atoms with Crippen LogP contribution in [0.1, 0.15) is 32.8 Å². The fraction of sp³-hybridized carbons (Fsp3) is 0.500. The van der Waals surface area contributed by atoms with Crippen LogP contribution >= 0.6 is 0 Å². The number of hydrogen-bond donors (Lipinski definition) is 3.